The molecule has 0 bridgehead atoms. The van der Waals surface area contributed by atoms with Crippen molar-refractivity contribution in [2.75, 3.05) is 19.8 Å². The van der Waals surface area contributed by atoms with Crippen molar-refractivity contribution in [3.05, 3.63) is 0 Å². The van der Waals surface area contributed by atoms with Gasteiger partial charge in [-0.2, -0.15) is 0 Å². The van der Waals surface area contributed by atoms with E-state index in [9.17, 15) is 14.4 Å². The number of aliphatic carboxylic acids is 1. The first-order chi connectivity index (χ1) is 9.35. The molecule has 1 rings (SSSR count). The SMILES string of the molecule is CC1COC(CO)CN1C(=O)NC(CC(N)=O)C(=O)O. The van der Waals surface area contributed by atoms with Gasteiger partial charge in [-0.25, -0.2) is 9.59 Å². The first kappa shape index (κ1) is 16.2. The van der Waals surface area contributed by atoms with Crippen LogP contribution in [-0.4, -0.2) is 71.0 Å². The molecule has 9 nitrogen and oxygen atoms in total. The molecular weight excluding hydrogens is 270 g/mol. The van der Waals surface area contributed by atoms with Gasteiger partial charge in [0.05, 0.1) is 38.3 Å². The summed E-state index contributed by atoms with van der Waals surface area (Å²) < 4.78 is 5.27. The fourth-order valence-electron chi connectivity index (χ4n) is 1.84. The van der Waals surface area contributed by atoms with E-state index in [0.29, 0.717) is 0 Å². The molecule has 1 aliphatic heterocycles. The average Bonchev–Trinajstić information content (AvgIpc) is 2.37. The predicted octanol–water partition coefficient (Wildman–Crippen LogP) is -1.89. The highest BCUT2D eigenvalue weighted by molar-refractivity contribution is 5.87. The number of primary amides is 1. The summed E-state index contributed by atoms with van der Waals surface area (Å²) in [6, 6.07) is -2.27. The fourth-order valence-corrected chi connectivity index (χ4v) is 1.84. The summed E-state index contributed by atoms with van der Waals surface area (Å²) >= 11 is 0. The maximum Gasteiger partial charge on any atom is 0.326 e. The van der Waals surface area contributed by atoms with Gasteiger partial charge in [0.2, 0.25) is 5.91 Å². The van der Waals surface area contributed by atoms with Gasteiger partial charge < -0.3 is 30.9 Å². The maximum absolute atomic E-state index is 12.0. The number of carbonyl (C=O) groups excluding carboxylic acids is 2. The highest BCUT2D eigenvalue weighted by atomic mass is 16.5. The number of aliphatic hydroxyl groups is 1. The third kappa shape index (κ3) is 4.35. The molecule has 0 aromatic carbocycles. The number of aliphatic hydroxyl groups excluding tert-OH is 1. The first-order valence-electron chi connectivity index (χ1n) is 6.15. The molecule has 0 saturated carbocycles. The Balaban J connectivity index is 2.67. The number of carboxylic acids is 1. The highest BCUT2D eigenvalue weighted by Crippen LogP contribution is 2.12. The minimum atomic E-state index is -1.37. The predicted molar refractivity (Wildman–Crippen MR) is 66.8 cm³/mol. The third-order valence-electron chi connectivity index (χ3n) is 2.97. The summed E-state index contributed by atoms with van der Waals surface area (Å²) in [6.07, 6.45) is -0.986. The summed E-state index contributed by atoms with van der Waals surface area (Å²) in [7, 11) is 0. The Morgan fingerprint density at radius 3 is 2.65 bits per heavy atom. The summed E-state index contributed by atoms with van der Waals surface area (Å²) in [6.45, 7) is 1.88. The molecule has 1 fully saturated rings. The average molecular weight is 289 g/mol. The van der Waals surface area contributed by atoms with Gasteiger partial charge in [-0.3, -0.25) is 4.79 Å². The molecule has 0 aromatic rings. The van der Waals surface area contributed by atoms with E-state index < -0.39 is 36.5 Å². The molecule has 0 aromatic heterocycles. The van der Waals surface area contributed by atoms with Crippen molar-refractivity contribution in [1.82, 2.24) is 10.2 Å². The molecule has 3 atom stereocenters. The van der Waals surface area contributed by atoms with Crippen LogP contribution in [0.2, 0.25) is 0 Å². The molecule has 20 heavy (non-hydrogen) atoms. The Labute approximate surface area is 115 Å². The van der Waals surface area contributed by atoms with Gasteiger partial charge in [-0.05, 0) is 6.92 Å². The Morgan fingerprint density at radius 2 is 2.15 bits per heavy atom. The lowest BCUT2D eigenvalue weighted by molar-refractivity contribution is -0.141. The number of morpholine rings is 1. The summed E-state index contributed by atoms with van der Waals surface area (Å²) in [4.78, 5) is 35.1. The van der Waals surface area contributed by atoms with Gasteiger partial charge in [0.1, 0.15) is 6.04 Å². The van der Waals surface area contributed by atoms with Crippen molar-refractivity contribution in [3.8, 4) is 0 Å². The Morgan fingerprint density at radius 1 is 1.50 bits per heavy atom. The van der Waals surface area contributed by atoms with Crippen molar-refractivity contribution in [2.45, 2.75) is 31.5 Å². The molecule has 9 heteroatoms. The molecule has 3 unspecified atom stereocenters. The van der Waals surface area contributed by atoms with E-state index in [2.05, 4.69) is 5.32 Å². The van der Waals surface area contributed by atoms with E-state index in [1.807, 2.05) is 0 Å². The second kappa shape index (κ2) is 7.06. The minimum absolute atomic E-state index is 0.145. The zero-order valence-electron chi connectivity index (χ0n) is 11.1. The van der Waals surface area contributed by atoms with Crippen molar-refractivity contribution in [3.63, 3.8) is 0 Å². The van der Waals surface area contributed by atoms with E-state index in [1.54, 1.807) is 6.92 Å². The lowest BCUT2D eigenvalue weighted by Crippen LogP contribution is -2.57. The first-order valence-corrected chi connectivity index (χ1v) is 6.15. The van der Waals surface area contributed by atoms with Gasteiger partial charge in [0.25, 0.3) is 0 Å². The number of carbonyl (C=O) groups is 3. The van der Waals surface area contributed by atoms with E-state index in [0.717, 1.165) is 0 Å². The Kier molecular flexibility index (Phi) is 5.71. The quantitative estimate of drug-likeness (QED) is 0.466. The Hall–Kier alpha value is -1.87. The van der Waals surface area contributed by atoms with Crippen molar-refractivity contribution >= 4 is 17.9 Å². The topological polar surface area (TPSA) is 142 Å². The van der Waals surface area contributed by atoms with Crippen LogP contribution in [0, 0.1) is 0 Å². The molecule has 0 radical (unpaired) electrons. The zero-order chi connectivity index (χ0) is 15.3. The second-order valence-electron chi connectivity index (χ2n) is 4.65. The fraction of sp³-hybridized carbons (Fsp3) is 0.727. The normalized spacial score (nSPS) is 24.0. The van der Waals surface area contributed by atoms with E-state index in [4.69, 9.17) is 20.7 Å². The molecule has 0 spiro atoms. The zero-order valence-corrected chi connectivity index (χ0v) is 11.1. The van der Waals surface area contributed by atoms with Crippen LogP contribution in [0.25, 0.3) is 0 Å². The van der Waals surface area contributed by atoms with Gasteiger partial charge in [0.15, 0.2) is 0 Å². The number of carboxylic acid groups (broad SMARTS) is 1. The molecule has 3 amide bonds. The standard InChI is InChI=1S/C11H19N3O6/c1-6-5-20-7(4-15)3-14(6)11(19)13-8(10(17)18)2-9(12)16/h6-8,15H,2-5H2,1H3,(H2,12,16)(H,13,19)(H,17,18). The number of rotatable bonds is 5. The van der Waals surface area contributed by atoms with Crippen LogP contribution in [0.1, 0.15) is 13.3 Å². The second-order valence-corrected chi connectivity index (χ2v) is 4.65. The van der Waals surface area contributed by atoms with Crippen molar-refractivity contribution in [2.24, 2.45) is 5.73 Å². The van der Waals surface area contributed by atoms with Gasteiger partial charge >= 0.3 is 12.0 Å². The molecule has 0 aliphatic carbocycles. The van der Waals surface area contributed by atoms with Gasteiger partial charge in [0, 0.05) is 0 Å². The molecule has 1 saturated heterocycles. The highest BCUT2D eigenvalue weighted by Gasteiger charge is 2.32. The number of amides is 3. The Bertz CT molecular complexity index is 388. The summed E-state index contributed by atoms with van der Waals surface area (Å²) in [5.74, 6) is -2.15. The smallest absolute Gasteiger partial charge is 0.326 e. The van der Waals surface area contributed by atoms with Gasteiger partial charge in [-0.15, -0.1) is 0 Å². The third-order valence-corrected chi connectivity index (χ3v) is 2.97. The minimum Gasteiger partial charge on any atom is -0.480 e. The van der Waals surface area contributed by atoms with Gasteiger partial charge in [-0.1, -0.05) is 0 Å². The summed E-state index contributed by atoms with van der Waals surface area (Å²) in [5.41, 5.74) is 4.94. The van der Waals surface area contributed by atoms with E-state index in [-0.39, 0.29) is 25.8 Å². The van der Waals surface area contributed by atoms with Crippen LogP contribution in [0.4, 0.5) is 4.79 Å². The number of nitrogens with zero attached hydrogens (tertiary/aromatic N) is 1. The molecule has 1 heterocycles. The van der Waals surface area contributed by atoms with Crippen LogP contribution in [0.5, 0.6) is 0 Å². The number of nitrogens with two attached hydrogens (primary N) is 1. The number of urea groups is 1. The molecular formula is C11H19N3O6. The van der Waals surface area contributed by atoms with Crippen LogP contribution in [-0.2, 0) is 14.3 Å². The van der Waals surface area contributed by atoms with Crippen molar-refractivity contribution < 1.29 is 29.3 Å². The lowest BCUT2D eigenvalue weighted by atomic mass is 10.2. The summed E-state index contributed by atoms with van der Waals surface area (Å²) in [5, 5.41) is 20.2. The molecule has 5 N–H and O–H groups in total. The van der Waals surface area contributed by atoms with Crippen LogP contribution < -0.4 is 11.1 Å². The molecule has 1 aliphatic rings. The van der Waals surface area contributed by atoms with Crippen molar-refractivity contribution in [1.29, 1.82) is 0 Å². The number of hydrogen-bond donors (Lipinski definition) is 4. The number of ether oxygens (including phenoxy) is 1. The monoisotopic (exact) mass is 289 g/mol. The van der Waals surface area contributed by atoms with Crippen LogP contribution in [0.3, 0.4) is 0 Å². The maximum atomic E-state index is 12.0. The van der Waals surface area contributed by atoms with Crippen LogP contribution >= 0.6 is 0 Å². The van der Waals surface area contributed by atoms with Crippen LogP contribution in [0.15, 0.2) is 0 Å². The van der Waals surface area contributed by atoms with E-state index >= 15 is 0 Å². The number of nitrogens with one attached hydrogen (secondary N) is 1. The van der Waals surface area contributed by atoms with E-state index in [1.165, 1.54) is 4.90 Å². The number of hydrogen-bond acceptors (Lipinski definition) is 5. The lowest BCUT2D eigenvalue weighted by Gasteiger charge is -2.37. The largest absolute Gasteiger partial charge is 0.480 e. The molecule has 114 valence electrons.